The van der Waals surface area contributed by atoms with Gasteiger partial charge < -0.3 is 14.2 Å². The summed E-state index contributed by atoms with van der Waals surface area (Å²) >= 11 is 1.55. The third-order valence-corrected chi connectivity index (χ3v) is 5.64. The molecular formula is C26H30N2O5S. The molecular weight excluding hydrogens is 452 g/mol. The third kappa shape index (κ3) is 7.41. The van der Waals surface area contributed by atoms with Crippen molar-refractivity contribution in [2.45, 2.75) is 32.8 Å². The lowest BCUT2D eigenvalue weighted by atomic mass is 10.1. The average molecular weight is 483 g/mol. The molecule has 0 saturated heterocycles. The van der Waals surface area contributed by atoms with Crippen LogP contribution in [0.2, 0.25) is 0 Å². The van der Waals surface area contributed by atoms with Crippen molar-refractivity contribution in [2.75, 3.05) is 20.3 Å². The molecule has 1 atom stereocenters. The summed E-state index contributed by atoms with van der Waals surface area (Å²) in [6.07, 6.45) is 2.18. The van der Waals surface area contributed by atoms with Crippen LogP contribution in [0, 0.1) is 0 Å². The van der Waals surface area contributed by atoms with Crippen LogP contribution in [0.5, 0.6) is 5.75 Å². The minimum absolute atomic E-state index is 0.388. The molecule has 34 heavy (non-hydrogen) atoms. The second-order valence-electron chi connectivity index (χ2n) is 7.32. The molecule has 8 heteroatoms. The van der Waals surface area contributed by atoms with Crippen molar-refractivity contribution < 1.29 is 23.8 Å². The van der Waals surface area contributed by atoms with Crippen LogP contribution < -0.4 is 10.2 Å². The van der Waals surface area contributed by atoms with Crippen molar-refractivity contribution >= 4 is 23.0 Å². The molecule has 0 amide bonds. The molecule has 0 aliphatic heterocycles. The first-order valence-electron chi connectivity index (χ1n) is 11.2. The summed E-state index contributed by atoms with van der Waals surface area (Å²) in [4.78, 5) is 22.3. The lowest BCUT2D eigenvalue weighted by Crippen LogP contribution is -2.28. The summed E-state index contributed by atoms with van der Waals surface area (Å²) in [5.74, 6) is 0.219. The van der Waals surface area contributed by atoms with E-state index in [9.17, 15) is 4.79 Å². The maximum atomic E-state index is 12.0. The van der Waals surface area contributed by atoms with Gasteiger partial charge in [-0.3, -0.25) is 10.3 Å². The number of esters is 1. The Bertz CT molecular complexity index is 1070. The summed E-state index contributed by atoms with van der Waals surface area (Å²) in [5, 5.41) is 2.87. The third-order valence-electron chi connectivity index (χ3n) is 4.75. The SMILES string of the molecule is CCCONC(=COc1cccc(CC(OCC)C(=O)OC)c1)c1csc(-c2ccccc2)n1. The van der Waals surface area contributed by atoms with Gasteiger partial charge in [0.2, 0.25) is 0 Å². The van der Waals surface area contributed by atoms with Gasteiger partial charge in [-0.1, -0.05) is 49.4 Å². The summed E-state index contributed by atoms with van der Waals surface area (Å²) in [6, 6.07) is 17.5. The number of hydrogen-bond donors (Lipinski definition) is 1. The number of nitrogens with one attached hydrogen (secondary N) is 1. The monoisotopic (exact) mass is 482 g/mol. The van der Waals surface area contributed by atoms with Crippen molar-refractivity contribution in [2.24, 2.45) is 0 Å². The Kier molecular flexibility index (Phi) is 10.1. The van der Waals surface area contributed by atoms with E-state index in [1.54, 1.807) is 17.6 Å². The number of hydroxylamine groups is 1. The molecule has 0 radical (unpaired) electrons. The zero-order valence-electron chi connectivity index (χ0n) is 19.7. The molecule has 1 heterocycles. The van der Waals surface area contributed by atoms with E-state index in [1.165, 1.54) is 7.11 Å². The second-order valence-corrected chi connectivity index (χ2v) is 8.18. The fourth-order valence-electron chi connectivity index (χ4n) is 3.11. The zero-order valence-corrected chi connectivity index (χ0v) is 20.5. The van der Waals surface area contributed by atoms with Crippen molar-refractivity contribution in [3.8, 4) is 16.3 Å². The Morgan fingerprint density at radius 1 is 1.15 bits per heavy atom. The van der Waals surface area contributed by atoms with Gasteiger partial charge in [0.15, 0.2) is 6.10 Å². The Balaban J connectivity index is 1.77. The molecule has 0 saturated carbocycles. The fraction of sp³-hybridized carbons (Fsp3) is 0.308. The van der Waals surface area contributed by atoms with Crippen LogP contribution in [0.4, 0.5) is 0 Å². The summed E-state index contributed by atoms with van der Waals surface area (Å²) in [7, 11) is 1.36. The minimum Gasteiger partial charge on any atom is -0.467 e. The van der Waals surface area contributed by atoms with E-state index >= 15 is 0 Å². The van der Waals surface area contributed by atoms with E-state index in [2.05, 4.69) is 5.48 Å². The molecule has 3 aromatic rings. The van der Waals surface area contributed by atoms with Gasteiger partial charge in [0.25, 0.3) is 0 Å². The number of nitrogens with zero attached hydrogens (tertiary/aromatic N) is 1. The standard InChI is InChI=1S/C26H30N2O5S/c1-4-14-33-28-22(23-18-34-25(27-23)20-11-7-6-8-12-20)17-32-21-13-9-10-19(15-21)16-24(31-5-2)26(29)30-3/h6-13,15,17-18,24,28H,4-5,14,16H2,1-3H3. The van der Waals surface area contributed by atoms with E-state index < -0.39 is 12.1 Å². The quantitative estimate of drug-likeness (QED) is 0.154. The van der Waals surface area contributed by atoms with E-state index in [4.69, 9.17) is 24.0 Å². The summed E-state index contributed by atoms with van der Waals surface area (Å²) in [6.45, 7) is 4.85. The van der Waals surface area contributed by atoms with Crippen molar-refractivity contribution in [3.63, 3.8) is 0 Å². The van der Waals surface area contributed by atoms with Crippen LogP contribution >= 0.6 is 11.3 Å². The van der Waals surface area contributed by atoms with Crippen LogP contribution in [0.25, 0.3) is 16.3 Å². The Morgan fingerprint density at radius 3 is 2.71 bits per heavy atom. The Morgan fingerprint density at radius 2 is 1.97 bits per heavy atom. The molecule has 2 aromatic carbocycles. The van der Waals surface area contributed by atoms with Crippen LogP contribution in [-0.4, -0.2) is 37.4 Å². The largest absolute Gasteiger partial charge is 0.467 e. The molecule has 0 fully saturated rings. The highest BCUT2D eigenvalue weighted by atomic mass is 32.1. The average Bonchev–Trinajstić information content (AvgIpc) is 3.36. The smallest absolute Gasteiger partial charge is 0.335 e. The van der Waals surface area contributed by atoms with E-state index in [-0.39, 0.29) is 0 Å². The highest BCUT2D eigenvalue weighted by Crippen LogP contribution is 2.26. The molecule has 0 aliphatic rings. The number of benzene rings is 2. The van der Waals surface area contributed by atoms with Crippen LogP contribution in [0.3, 0.4) is 0 Å². The number of thiazole rings is 1. The second kappa shape index (κ2) is 13.5. The maximum Gasteiger partial charge on any atom is 0.335 e. The number of methoxy groups -OCH3 is 1. The van der Waals surface area contributed by atoms with Crippen molar-refractivity contribution in [1.82, 2.24) is 10.5 Å². The Hall–Kier alpha value is -3.20. The topological polar surface area (TPSA) is 78.9 Å². The molecule has 0 aliphatic carbocycles. The van der Waals surface area contributed by atoms with Gasteiger partial charge in [0, 0.05) is 24.0 Å². The number of carbonyl (C=O) groups is 1. The predicted octanol–water partition coefficient (Wildman–Crippen LogP) is 5.24. The number of hydrogen-bond acceptors (Lipinski definition) is 8. The summed E-state index contributed by atoms with van der Waals surface area (Å²) < 4.78 is 16.3. The lowest BCUT2D eigenvalue weighted by Gasteiger charge is -2.15. The van der Waals surface area contributed by atoms with Crippen LogP contribution in [0.15, 0.2) is 66.2 Å². The number of ether oxygens (including phenoxy) is 3. The van der Waals surface area contributed by atoms with Crippen molar-refractivity contribution in [1.29, 1.82) is 0 Å². The van der Waals surface area contributed by atoms with Gasteiger partial charge in [-0.2, -0.15) is 0 Å². The highest BCUT2D eigenvalue weighted by Gasteiger charge is 2.20. The molecule has 1 unspecified atom stereocenters. The van der Waals surface area contributed by atoms with Crippen LogP contribution in [0.1, 0.15) is 31.5 Å². The first kappa shape index (κ1) is 25.4. The minimum atomic E-state index is -0.660. The molecule has 1 aromatic heterocycles. The zero-order chi connectivity index (χ0) is 24.2. The first-order chi connectivity index (χ1) is 16.6. The lowest BCUT2D eigenvalue weighted by molar-refractivity contribution is -0.153. The molecule has 7 nitrogen and oxygen atoms in total. The fourth-order valence-corrected chi connectivity index (χ4v) is 3.93. The molecule has 0 spiro atoms. The number of carbonyl (C=O) groups excluding carboxylic acids is 1. The molecule has 1 N–H and O–H groups in total. The van der Waals surface area contributed by atoms with Gasteiger partial charge in [-0.25, -0.2) is 9.78 Å². The summed E-state index contributed by atoms with van der Waals surface area (Å²) in [5.41, 5.74) is 6.23. The Labute approximate surface area is 204 Å². The van der Waals surface area contributed by atoms with E-state index in [0.717, 1.165) is 28.2 Å². The van der Waals surface area contributed by atoms with Gasteiger partial charge in [-0.05, 0) is 31.0 Å². The first-order valence-corrected chi connectivity index (χ1v) is 12.1. The van der Waals surface area contributed by atoms with E-state index in [1.807, 2.05) is 73.8 Å². The number of rotatable bonds is 13. The molecule has 0 bridgehead atoms. The predicted molar refractivity (Wildman–Crippen MR) is 133 cm³/mol. The van der Waals surface area contributed by atoms with Gasteiger partial charge in [-0.15, -0.1) is 11.3 Å². The molecule has 3 rings (SSSR count). The van der Waals surface area contributed by atoms with Gasteiger partial charge in [0.05, 0.1) is 13.7 Å². The van der Waals surface area contributed by atoms with Crippen LogP contribution in [-0.2, 0) is 25.5 Å². The number of aromatic nitrogens is 1. The van der Waals surface area contributed by atoms with Gasteiger partial charge >= 0.3 is 5.97 Å². The van der Waals surface area contributed by atoms with Gasteiger partial charge in [0.1, 0.15) is 28.4 Å². The molecule has 180 valence electrons. The van der Waals surface area contributed by atoms with Crippen molar-refractivity contribution in [3.05, 3.63) is 77.5 Å². The van der Waals surface area contributed by atoms with E-state index in [0.29, 0.717) is 31.1 Å². The maximum absolute atomic E-state index is 12.0. The normalized spacial score (nSPS) is 12.3. The highest BCUT2D eigenvalue weighted by molar-refractivity contribution is 7.13.